The highest BCUT2D eigenvalue weighted by atomic mass is 19.1. The van der Waals surface area contributed by atoms with Crippen LogP contribution in [0.4, 0.5) is 4.39 Å². The van der Waals surface area contributed by atoms with E-state index in [1.807, 2.05) is 0 Å². The fourth-order valence-electron chi connectivity index (χ4n) is 1.43. The van der Waals surface area contributed by atoms with Crippen molar-refractivity contribution in [1.29, 1.82) is 0 Å². The van der Waals surface area contributed by atoms with E-state index in [0.29, 0.717) is 5.56 Å². The average molecular weight is 235 g/mol. The number of hydrogen-bond donors (Lipinski definition) is 1. The van der Waals surface area contributed by atoms with Gasteiger partial charge in [0.05, 0.1) is 7.11 Å². The Kier molecular flexibility index (Phi) is 2.86. The van der Waals surface area contributed by atoms with E-state index >= 15 is 0 Å². The largest absolute Gasteiger partial charge is 0.467 e. The maximum Gasteiger partial charge on any atom is 0.351 e. The highest BCUT2D eigenvalue weighted by molar-refractivity contribution is 5.59. The van der Waals surface area contributed by atoms with Crippen LogP contribution in [0.3, 0.4) is 0 Å². The quantitative estimate of drug-likeness (QED) is 0.851. The van der Waals surface area contributed by atoms with Crippen LogP contribution >= 0.6 is 0 Å². The summed E-state index contributed by atoms with van der Waals surface area (Å²) in [6.45, 7) is 1.79. The summed E-state index contributed by atoms with van der Waals surface area (Å²) in [5, 5.41) is 0. The van der Waals surface area contributed by atoms with Gasteiger partial charge in [-0.3, -0.25) is 4.98 Å². The number of ether oxygens (including phenoxy) is 1. The summed E-state index contributed by atoms with van der Waals surface area (Å²) in [7, 11) is 1.36. The van der Waals surface area contributed by atoms with Crippen molar-refractivity contribution >= 4 is 0 Å². The van der Waals surface area contributed by atoms with E-state index in [2.05, 4.69) is 15.0 Å². The maximum atomic E-state index is 13.1. The highest BCUT2D eigenvalue weighted by Crippen LogP contribution is 2.20. The fraction of sp³-hybridized carbons (Fsp3) is 0.182. The standard InChI is InChI=1S/C11H10FN3O2/c1-6-3-4-7(12)5-8(6)9-13-10(16)15-11(14-9)17-2/h3-5H,1-2H3,(H,13,14,15,16). The van der Waals surface area contributed by atoms with E-state index in [9.17, 15) is 9.18 Å². The third-order valence-corrected chi connectivity index (χ3v) is 2.27. The lowest BCUT2D eigenvalue weighted by Crippen LogP contribution is -2.14. The first-order valence-corrected chi connectivity index (χ1v) is 4.89. The Labute approximate surface area is 96.3 Å². The Morgan fingerprint density at radius 2 is 2.12 bits per heavy atom. The molecule has 1 heterocycles. The normalized spacial score (nSPS) is 10.3. The summed E-state index contributed by atoms with van der Waals surface area (Å²) in [4.78, 5) is 21.2. The van der Waals surface area contributed by atoms with Gasteiger partial charge in [-0.2, -0.15) is 4.98 Å². The van der Waals surface area contributed by atoms with Crippen LogP contribution in [-0.4, -0.2) is 22.1 Å². The first-order valence-electron chi connectivity index (χ1n) is 4.89. The van der Waals surface area contributed by atoms with Crippen LogP contribution in [-0.2, 0) is 0 Å². The molecule has 0 saturated heterocycles. The Morgan fingerprint density at radius 3 is 2.82 bits per heavy atom. The average Bonchev–Trinajstić information content (AvgIpc) is 2.31. The van der Waals surface area contributed by atoms with Gasteiger partial charge in [0.1, 0.15) is 11.6 Å². The first kappa shape index (κ1) is 11.3. The second-order valence-corrected chi connectivity index (χ2v) is 3.45. The molecule has 0 atom stereocenters. The molecule has 0 bridgehead atoms. The van der Waals surface area contributed by atoms with Crippen LogP contribution < -0.4 is 10.4 Å². The smallest absolute Gasteiger partial charge is 0.351 e. The van der Waals surface area contributed by atoms with Crippen LogP contribution in [0.1, 0.15) is 5.56 Å². The number of aryl methyl sites for hydroxylation is 1. The van der Waals surface area contributed by atoms with Crippen LogP contribution in [0.2, 0.25) is 0 Å². The van der Waals surface area contributed by atoms with Gasteiger partial charge >= 0.3 is 11.7 Å². The Hall–Kier alpha value is -2.24. The third kappa shape index (κ3) is 2.30. The zero-order valence-electron chi connectivity index (χ0n) is 9.32. The number of hydrogen-bond acceptors (Lipinski definition) is 4. The van der Waals surface area contributed by atoms with Gasteiger partial charge in [0, 0.05) is 5.56 Å². The molecule has 2 rings (SSSR count). The maximum absolute atomic E-state index is 13.1. The van der Waals surface area contributed by atoms with E-state index < -0.39 is 11.5 Å². The van der Waals surface area contributed by atoms with Crippen molar-refractivity contribution in [2.24, 2.45) is 0 Å². The molecule has 1 N–H and O–H groups in total. The molecule has 1 aromatic heterocycles. The number of aromatic nitrogens is 3. The zero-order valence-corrected chi connectivity index (χ0v) is 9.32. The molecule has 0 aliphatic rings. The minimum atomic E-state index is -0.587. The number of rotatable bonds is 2. The minimum absolute atomic E-state index is 0.0487. The van der Waals surface area contributed by atoms with Crippen molar-refractivity contribution in [1.82, 2.24) is 15.0 Å². The number of benzene rings is 1. The molecule has 0 saturated carbocycles. The Balaban J connectivity index is 2.63. The lowest BCUT2D eigenvalue weighted by atomic mass is 10.1. The number of H-pyrrole nitrogens is 1. The molecule has 6 heteroatoms. The van der Waals surface area contributed by atoms with Gasteiger partial charge in [-0.05, 0) is 24.6 Å². The predicted octanol–water partition coefficient (Wildman–Crippen LogP) is 1.29. The van der Waals surface area contributed by atoms with Crippen molar-refractivity contribution in [3.05, 3.63) is 40.1 Å². The molecule has 0 spiro atoms. The molecule has 17 heavy (non-hydrogen) atoms. The second kappa shape index (κ2) is 4.32. The molecule has 0 amide bonds. The van der Waals surface area contributed by atoms with E-state index in [4.69, 9.17) is 4.74 Å². The predicted molar refractivity (Wildman–Crippen MR) is 59.3 cm³/mol. The van der Waals surface area contributed by atoms with Gasteiger partial charge in [-0.15, -0.1) is 4.98 Å². The number of nitrogens with one attached hydrogen (secondary N) is 1. The molecule has 0 unspecified atom stereocenters. The van der Waals surface area contributed by atoms with Gasteiger partial charge in [-0.1, -0.05) is 6.07 Å². The summed E-state index contributed by atoms with van der Waals surface area (Å²) < 4.78 is 17.9. The number of aromatic amines is 1. The molecule has 88 valence electrons. The molecule has 1 aromatic carbocycles. The van der Waals surface area contributed by atoms with E-state index in [0.717, 1.165) is 5.56 Å². The van der Waals surface area contributed by atoms with Crippen molar-refractivity contribution < 1.29 is 9.13 Å². The molecular weight excluding hydrogens is 225 g/mol. The zero-order chi connectivity index (χ0) is 12.4. The molecular formula is C11H10FN3O2. The van der Waals surface area contributed by atoms with Crippen molar-refractivity contribution in [2.45, 2.75) is 6.92 Å². The van der Waals surface area contributed by atoms with Gasteiger partial charge in [0.25, 0.3) is 0 Å². The SMILES string of the molecule is COc1nc(-c2cc(F)ccc2C)[nH]c(=O)n1. The monoisotopic (exact) mass is 235 g/mol. The second-order valence-electron chi connectivity index (χ2n) is 3.45. The lowest BCUT2D eigenvalue weighted by Gasteiger charge is -2.05. The molecule has 0 aliphatic carbocycles. The molecule has 2 aromatic rings. The third-order valence-electron chi connectivity index (χ3n) is 2.27. The van der Waals surface area contributed by atoms with E-state index in [1.165, 1.54) is 19.2 Å². The topological polar surface area (TPSA) is 67.9 Å². The summed E-state index contributed by atoms with van der Waals surface area (Å²) >= 11 is 0. The van der Waals surface area contributed by atoms with Gasteiger partial charge < -0.3 is 4.74 Å². The Morgan fingerprint density at radius 1 is 1.35 bits per heavy atom. The van der Waals surface area contributed by atoms with Crippen molar-refractivity contribution in [3.63, 3.8) is 0 Å². The fourth-order valence-corrected chi connectivity index (χ4v) is 1.43. The van der Waals surface area contributed by atoms with E-state index in [-0.39, 0.29) is 11.8 Å². The summed E-state index contributed by atoms with van der Waals surface area (Å²) in [5.41, 5.74) is 0.709. The van der Waals surface area contributed by atoms with Gasteiger partial charge in [0.2, 0.25) is 0 Å². The molecule has 0 fully saturated rings. The summed E-state index contributed by atoms with van der Waals surface area (Å²) in [6, 6.07) is 4.20. The lowest BCUT2D eigenvalue weighted by molar-refractivity contribution is 0.377. The number of methoxy groups -OCH3 is 1. The highest BCUT2D eigenvalue weighted by Gasteiger charge is 2.09. The van der Waals surface area contributed by atoms with Crippen molar-refractivity contribution in [3.8, 4) is 17.4 Å². The summed E-state index contributed by atoms with van der Waals surface area (Å²) in [5.74, 6) is -0.164. The van der Waals surface area contributed by atoms with Gasteiger partial charge in [0.15, 0.2) is 0 Å². The number of nitrogens with zero attached hydrogens (tertiary/aromatic N) is 2. The van der Waals surface area contributed by atoms with Crippen LogP contribution in [0, 0.1) is 12.7 Å². The molecule has 0 aliphatic heterocycles. The van der Waals surface area contributed by atoms with Crippen LogP contribution in [0.5, 0.6) is 6.01 Å². The molecule has 5 nitrogen and oxygen atoms in total. The summed E-state index contributed by atoms with van der Waals surface area (Å²) in [6.07, 6.45) is 0. The van der Waals surface area contributed by atoms with Crippen LogP contribution in [0.25, 0.3) is 11.4 Å². The van der Waals surface area contributed by atoms with Gasteiger partial charge in [-0.25, -0.2) is 9.18 Å². The minimum Gasteiger partial charge on any atom is -0.467 e. The van der Waals surface area contributed by atoms with Crippen LogP contribution in [0.15, 0.2) is 23.0 Å². The molecule has 0 radical (unpaired) electrons. The van der Waals surface area contributed by atoms with Crippen molar-refractivity contribution in [2.75, 3.05) is 7.11 Å². The Bertz CT molecular complexity index is 610. The number of halogens is 1. The first-order chi connectivity index (χ1) is 8.10. The van der Waals surface area contributed by atoms with E-state index in [1.54, 1.807) is 13.0 Å².